The average molecular weight is 413 g/mol. The molecule has 0 atom stereocenters. The van der Waals surface area contributed by atoms with E-state index in [-0.39, 0.29) is 0 Å². The number of fused-ring (bicyclic) bond motifs is 2. The van der Waals surface area contributed by atoms with Crippen LogP contribution in [0.1, 0.15) is 11.1 Å². The Bertz CT molecular complexity index is 1500. The fourth-order valence-corrected chi connectivity index (χ4v) is 4.73. The second-order valence-corrected chi connectivity index (χ2v) is 8.33. The third-order valence-corrected chi connectivity index (χ3v) is 6.25. The van der Waals surface area contributed by atoms with Gasteiger partial charge in [-0.2, -0.15) is 0 Å². The highest BCUT2D eigenvalue weighted by molar-refractivity contribution is 5.99. The fourth-order valence-electron chi connectivity index (χ4n) is 4.73. The number of para-hydroxylation sites is 2. The number of hydrogen-bond acceptors (Lipinski definition) is 0. The molecular weight excluding hydrogens is 388 g/mol. The summed E-state index contributed by atoms with van der Waals surface area (Å²) in [6, 6.07) is 41.2. The van der Waals surface area contributed by atoms with Gasteiger partial charge in [-0.1, -0.05) is 97.1 Å². The summed E-state index contributed by atoms with van der Waals surface area (Å²) in [5.41, 5.74) is 7.70. The normalized spacial score (nSPS) is 11.4. The Labute approximate surface area is 188 Å². The standard InChI is InChI=1S/C30H24N2/c1-3-11-23(12-4-1)20-31-22-27(26-16-8-10-18-29(26)31)30-19-25-15-7-9-17-28(25)32(30)21-24-13-5-2-6-14-24/h1-19,22H,20-21H2. The van der Waals surface area contributed by atoms with Gasteiger partial charge >= 0.3 is 0 Å². The second-order valence-electron chi connectivity index (χ2n) is 8.33. The van der Waals surface area contributed by atoms with Gasteiger partial charge in [-0.3, -0.25) is 0 Å². The first-order chi connectivity index (χ1) is 15.9. The Morgan fingerprint density at radius 3 is 1.88 bits per heavy atom. The smallest absolute Gasteiger partial charge is 0.0516 e. The van der Waals surface area contributed by atoms with E-state index in [0.717, 1.165) is 13.1 Å². The minimum absolute atomic E-state index is 0.849. The minimum atomic E-state index is 0.849. The zero-order valence-corrected chi connectivity index (χ0v) is 17.9. The SMILES string of the molecule is c1ccc(Cn2cc(-c3cc4ccccc4n3Cc3ccccc3)c3ccccc32)cc1. The lowest BCUT2D eigenvalue weighted by molar-refractivity contribution is 0.829. The molecule has 0 aliphatic rings. The van der Waals surface area contributed by atoms with Gasteiger partial charge in [0.05, 0.1) is 5.69 Å². The summed E-state index contributed by atoms with van der Waals surface area (Å²) in [6.07, 6.45) is 2.33. The Balaban J connectivity index is 1.55. The van der Waals surface area contributed by atoms with Gasteiger partial charge in [0.1, 0.15) is 0 Å². The first kappa shape index (κ1) is 18.7. The van der Waals surface area contributed by atoms with Gasteiger partial charge in [0.15, 0.2) is 0 Å². The van der Waals surface area contributed by atoms with Crippen LogP contribution in [0.5, 0.6) is 0 Å². The summed E-state index contributed by atoms with van der Waals surface area (Å²) < 4.78 is 4.84. The average Bonchev–Trinajstić information content (AvgIpc) is 3.39. The van der Waals surface area contributed by atoms with E-state index in [1.807, 2.05) is 0 Å². The molecule has 0 unspecified atom stereocenters. The van der Waals surface area contributed by atoms with Crippen molar-refractivity contribution in [2.75, 3.05) is 0 Å². The Morgan fingerprint density at radius 1 is 0.531 bits per heavy atom. The van der Waals surface area contributed by atoms with E-state index < -0.39 is 0 Å². The lowest BCUT2D eigenvalue weighted by atomic mass is 10.1. The molecule has 0 saturated heterocycles. The predicted molar refractivity (Wildman–Crippen MR) is 134 cm³/mol. The number of aromatic nitrogens is 2. The summed E-state index contributed by atoms with van der Waals surface area (Å²) in [5, 5.41) is 2.57. The quantitative estimate of drug-likeness (QED) is 0.280. The molecule has 0 radical (unpaired) electrons. The zero-order chi connectivity index (χ0) is 21.3. The number of nitrogens with zero attached hydrogens (tertiary/aromatic N) is 2. The van der Waals surface area contributed by atoms with E-state index >= 15 is 0 Å². The second kappa shape index (κ2) is 7.90. The Kier molecular flexibility index (Phi) is 4.62. The van der Waals surface area contributed by atoms with Crippen LogP contribution < -0.4 is 0 Å². The van der Waals surface area contributed by atoms with Crippen molar-refractivity contribution in [1.82, 2.24) is 9.13 Å². The van der Waals surface area contributed by atoms with E-state index in [1.165, 1.54) is 44.2 Å². The van der Waals surface area contributed by atoms with Crippen molar-refractivity contribution in [2.24, 2.45) is 0 Å². The van der Waals surface area contributed by atoms with E-state index in [1.54, 1.807) is 0 Å². The summed E-state index contributed by atoms with van der Waals surface area (Å²) in [4.78, 5) is 0. The first-order valence-corrected chi connectivity index (χ1v) is 11.1. The first-order valence-electron chi connectivity index (χ1n) is 11.1. The highest BCUT2D eigenvalue weighted by Crippen LogP contribution is 2.35. The molecule has 0 N–H and O–H groups in total. The minimum Gasteiger partial charge on any atom is -0.342 e. The molecule has 2 heterocycles. The topological polar surface area (TPSA) is 9.86 Å². The molecule has 0 bridgehead atoms. The van der Waals surface area contributed by atoms with Crippen LogP contribution in [0.3, 0.4) is 0 Å². The maximum absolute atomic E-state index is 2.46. The monoisotopic (exact) mass is 412 g/mol. The summed E-state index contributed by atoms with van der Waals surface area (Å²) >= 11 is 0. The van der Waals surface area contributed by atoms with E-state index in [4.69, 9.17) is 0 Å². The predicted octanol–water partition coefficient (Wildman–Crippen LogP) is 7.36. The van der Waals surface area contributed by atoms with Crippen molar-refractivity contribution in [1.29, 1.82) is 0 Å². The lowest BCUT2D eigenvalue weighted by Gasteiger charge is -2.11. The third-order valence-electron chi connectivity index (χ3n) is 6.25. The Hall–Kier alpha value is -4.04. The van der Waals surface area contributed by atoms with Crippen LogP contribution in [0.2, 0.25) is 0 Å². The van der Waals surface area contributed by atoms with Gasteiger partial charge in [0, 0.05) is 46.7 Å². The number of rotatable bonds is 5. The molecule has 0 aliphatic carbocycles. The molecule has 0 aliphatic heterocycles. The number of hydrogen-bond donors (Lipinski definition) is 0. The molecule has 154 valence electrons. The largest absolute Gasteiger partial charge is 0.342 e. The van der Waals surface area contributed by atoms with Crippen LogP contribution in [0.25, 0.3) is 33.1 Å². The van der Waals surface area contributed by atoms with E-state index in [0.29, 0.717) is 0 Å². The van der Waals surface area contributed by atoms with Gasteiger partial charge in [-0.05, 0) is 29.3 Å². The third kappa shape index (κ3) is 3.30. The summed E-state index contributed by atoms with van der Waals surface area (Å²) in [7, 11) is 0. The van der Waals surface area contributed by atoms with Crippen LogP contribution >= 0.6 is 0 Å². The van der Waals surface area contributed by atoms with Gasteiger partial charge in [-0.15, -0.1) is 0 Å². The molecule has 2 aromatic heterocycles. The van der Waals surface area contributed by atoms with Crippen molar-refractivity contribution in [2.45, 2.75) is 13.1 Å². The van der Waals surface area contributed by atoms with Crippen molar-refractivity contribution in [3.63, 3.8) is 0 Å². The lowest BCUT2D eigenvalue weighted by Crippen LogP contribution is -2.01. The van der Waals surface area contributed by atoms with Crippen LogP contribution in [-0.4, -0.2) is 9.13 Å². The fraction of sp³-hybridized carbons (Fsp3) is 0.0667. The molecule has 2 heteroatoms. The molecule has 2 nitrogen and oxygen atoms in total. The molecule has 0 amide bonds. The van der Waals surface area contributed by atoms with E-state index in [2.05, 4.69) is 131 Å². The van der Waals surface area contributed by atoms with Crippen molar-refractivity contribution in [3.8, 4) is 11.3 Å². The molecular formula is C30H24N2. The molecule has 0 spiro atoms. The van der Waals surface area contributed by atoms with Crippen LogP contribution in [0, 0.1) is 0 Å². The summed E-state index contributed by atoms with van der Waals surface area (Å²) in [6.45, 7) is 1.71. The molecule has 0 saturated carbocycles. The van der Waals surface area contributed by atoms with Gasteiger partial charge in [0.25, 0.3) is 0 Å². The van der Waals surface area contributed by atoms with Gasteiger partial charge < -0.3 is 9.13 Å². The molecule has 6 aromatic rings. The van der Waals surface area contributed by atoms with Gasteiger partial charge in [-0.25, -0.2) is 0 Å². The summed E-state index contributed by atoms with van der Waals surface area (Å²) in [5.74, 6) is 0. The molecule has 6 rings (SSSR count). The van der Waals surface area contributed by atoms with Crippen LogP contribution in [-0.2, 0) is 13.1 Å². The van der Waals surface area contributed by atoms with Gasteiger partial charge in [0.2, 0.25) is 0 Å². The number of benzene rings is 4. The molecule has 0 fully saturated rings. The van der Waals surface area contributed by atoms with Crippen LogP contribution in [0.15, 0.2) is 121 Å². The maximum Gasteiger partial charge on any atom is 0.0516 e. The van der Waals surface area contributed by atoms with Crippen molar-refractivity contribution in [3.05, 3.63) is 133 Å². The van der Waals surface area contributed by atoms with E-state index in [9.17, 15) is 0 Å². The Morgan fingerprint density at radius 2 is 1.12 bits per heavy atom. The highest BCUT2D eigenvalue weighted by atomic mass is 15.0. The van der Waals surface area contributed by atoms with Crippen LogP contribution in [0.4, 0.5) is 0 Å². The maximum atomic E-state index is 2.46. The van der Waals surface area contributed by atoms with Crippen molar-refractivity contribution >= 4 is 21.8 Å². The van der Waals surface area contributed by atoms with Crippen molar-refractivity contribution < 1.29 is 0 Å². The molecule has 32 heavy (non-hydrogen) atoms. The molecule has 4 aromatic carbocycles. The zero-order valence-electron chi connectivity index (χ0n) is 17.9. The highest BCUT2D eigenvalue weighted by Gasteiger charge is 2.16.